The molecule has 1 aromatic rings. The minimum atomic E-state index is -0.692. The number of hydrogen-bond acceptors (Lipinski definition) is 5. The summed E-state index contributed by atoms with van der Waals surface area (Å²) in [5.41, 5.74) is 0.298. The van der Waals surface area contributed by atoms with E-state index in [1.165, 1.54) is 7.11 Å². The number of carbonyl (C=O) groups excluding carboxylic acids is 1. The predicted molar refractivity (Wildman–Crippen MR) is 81.4 cm³/mol. The summed E-state index contributed by atoms with van der Waals surface area (Å²) in [6.45, 7) is 2.43. The van der Waals surface area contributed by atoms with Gasteiger partial charge in [-0.15, -0.1) is 0 Å². The van der Waals surface area contributed by atoms with E-state index < -0.39 is 5.54 Å². The second-order valence-electron chi connectivity index (χ2n) is 5.11. The van der Waals surface area contributed by atoms with Gasteiger partial charge >= 0.3 is 5.97 Å². The molecule has 0 aromatic heterocycles. The van der Waals surface area contributed by atoms with Gasteiger partial charge in [-0.05, 0) is 44.9 Å². The number of methoxy groups -OCH3 is 1. The maximum absolute atomic E-state index is 11.7. The molecule has 0 spiro atoms. The number of aliphatic hydroxyl groups excluding tert-OH is 1. The maximum Gasteiger partial charge on any atom is 0.325 e. The Kier molecular flexibility index (Phi) is 7.19. The SMILES string of the molecule is CNC(C)(CCCOc1ccccc1CCO)C(=O)OC. The van der Waals surface area contributed by atoms with Gasteiger partial charge in [-0.1, -0.05) is 18.2 Å². The number of nitrogens with one attached hydrogen (secondary N) is 1. The number of esters is 1. The van der Waals surface area contributed by atoms with Crippen LogP contribution in [0.25, 0.3) is 0 Å². The van der Waals surface area contributed by atoms with E-state index in [2.05, 4.69) is 5.32 Å². The van der Waals surface area contributed by atoms with Crippen LogP contribution in [0.2, 0.25) is 0 Å². The molecule has 0 aliphatic rings. The van der Waals surface area contributed by atoms with E-state index in [-0.39, 0.29) is 12.6 Å². The molecular formula is C16H25NO4. The lowest BCUT2D eigenvalue weighted by Gasteiger charge is -2.26. The molecule has 0 aliphatic carbocycles. The number of likely N-dealkylation sites (N-methyl/N-ethyl adjacent to an activating group) is 1. The Bertz CT molecular complexity index is 450. The minimum Gasteiger partial charge on any atom is -0.493 e. The quantitative estimate of drug-likeness (QED) is 0.534. The molecule has 5 nitrogen and oxygen atoms in total. The monoisotopic (exact) mass is 295 g/mol. The smallest absolute Gasteiger partial charge is 0.325 e. The Morgan fingerprint density at radius 1 is 1.38 bits per heavy atom. The molecule has 0 amide bonds. The average Bonchev–Trinajstić information content (AvgIpc) is 2.52. The minimum absolute atomic E-state index is 0.0978. The summed E-state index contributed by atoms with van der Waals surface area (Å²) < 4.78 is 10.6. The van der Waals surface area contributed by atoms with Crippen LogP contribution in [0, 0.1) is 0 Å². The maximum atomic E-state index is 11.7. The van der Waals surface area contributed by atoms with Crippen LogP contribution in [-0.2, 0) is 16.0 Å². The van der Waals surface area contributed by atoms with Crippen molar-refractivity contribution in [3.63, 3.8) is 0 Å². The summed E-state index contributed by atoms with van der Waals surface area (Å²) in [5.74, 6) is 0.515. The van der Waals surface area contributed by atoms with Crippen molar-refractivity contribution in [3.05, 3.63) is 29.8 Å². The number of hydrogen-bond donors (Lipinski definition) is 2. The standard InChI is InChI=1S/C16H25NO4/c1-16(17-2,15(19)20-3)10-6-12-21-14-8-5-4-7-13(14)9-11-18/h4-5,7-8,17-18H,6,9-12H2,1-3H3. The van der Waals surface area contributed by atoms with Gasteiger partial charge in [0.25, 0.3) is 0 Å². The zero-order chi connectivity index (χ0) is 15.7. The number of aliphatic hydroxyl groups is 1. The Labute approximate surface area is 126 Å². The van der Waals surface area contributed by atoms with E-state index in [0.717, 1.165) is 17.7 Å². The zero-order valence-electron chi connectivity index (χ0n) is 13.0. The Hall–Kier alpha value is -1.59. The summed E-state index contributed by atoms with van der Waals surface area (Å²) in [6, 6.07) is 7.66. The van der Waals surface area contributed by atoms with E-state index >= 15 is 0 Å². The molecule has 0 radical (unpaired) electrons. The van der Waals surface area contributed by atoms with Gasteiger partial charge in [-0.25, -0.2) is 0 Å². The van der Waals surface area contributed by atoms with Gasteiger partial charge in [0.2, 0.25) is 0 Å². The molecule has 0 bridgehead atoms. The third-order valence-electron chi connectivity index (χ3n) is 3.62. The summed E-state index contributed by atoms with van der Waals surface area (Å²) in [6.07, 6.45) is 1.92. The fraction of sp³-hybridized carbons (Fsp3) is 0.562. The van der Waals surface area contributed by atoms with E-state index in [1.54, 1.807) is 7.05 Å². The molecule has 0 saturated heterocycles. The molecule has 1 rings (SSSR count). The van der Waals surface area contributed by atoms with E-state index in [9.17, 15) is 4.79 Å². The zero-order valence-corrected chi connectivity index (χ0v) is 13.0. The van der Waals surface area contributed by atoms with Crippen LogP contribution in [-0.4, -0.2) is 44.0 Å². The molecule has 1 aromatic carbocycles. The summed E-state index contributed by atoms with van der Waals surface area (Å²) in [5, 5.41) is 12.0. The van der Waals surface area contributed by atoms with Gasteiger partial charge in [-0.3, -0.25) is 4.79 Å². The Morgan fingerprint density at radius 3 is 2.71 bits per heavy atom. The van der Waals surface area contributed by atoms with Crippen LogP contribution in [0.4, 0.5) is 0 Å². The molecule has 0 aliphatic heterocycles. The lowest BCUT2D eigenvalue weighted by molar-refractivity contribution is -0.148. The Morgan fingerprint density at radius 2 is 2.10 bits per heavy atom. The van der Waals surface area contributed by atoms with Crippen LogP contribution in [0.1, 0.15) is 25.3 Å². The number of benzene rings is 1. The van der Waals surface area contributed by atoms with Crippen LogP contribution in [0.3, 0.4) is 0 Å². The molecule has 5 heteroatoms. The first kappa shape index (κ1) is 17.5. The molecule has 118 valence electrons. The lowest BCUT2D eigenvalue weighted by Crippen LogP contribution is -2.48. The van der Waals surface area contributed by atoms with Gasteiger partial charge in [0.05, 0.1) is 13.7 Å². The van der Waals surface area contributed by atoms with Gasteiger partial charge < -0.3 is 19.9 Å². The first-order valence-corrected chi connectivity index (χ1v) is 7.16. The summed E-state index contributed by atoms with van der Waals surface area (Å²) >= 11 is 0. The first-order valence-electron chi connectivity index (χ1n) is 7.16. The summed E-state index contributed by atoms with van der Waals surface area (Å²) in [7, 11) is 3.13. The van der Waals surface area contributed by atoms with Crippen molar-refractivity contribution < 1.29 is 19.4 Å². The average molecular weight is 295 g/mol. The molecular weight excluding hydrogens is 270 g/mol. The topological polar surface area (TPSA) is 67.8 Å². The number of ether oxygens (including phenoxy) is 2. The second kappa shape index (κ2) is 8.64. The highest BCUT2D eigenvalue weighted by Crippen LogP contribution is 2.20. The van der Waals surface area contributed by atoms with Crippen molar-refractivity contribution in [3.8, 4) is 5.75 Å². The normalized spacial score (nSPS) is 13.5. The third kappa shape index (κ3) is 5.02. The van der Waals surface area contributed by atoms with Crippen molar-refractivity contribution in [2.75, 3.05) is 27.4 Å². The summed E-state index contributed by atoms with van der Waals surface area (Å²) in [4.78, 5) is 11.7. The van der Waals surface area contributed by atoms with Crippen LogP contribution >= 0.6 is 0 Å². The van der Waals surface area contributed by atoms with Gasteiger partial charge in [0, 0.05) is 6.61 Å². The highest BCUT2D eigenvalue weighted by atomic mass is 16.5. The first-order chi connectivity index (χ1) is 10.1. The van der Waals surface area contributed by atoms with Crippen molar-refractivity contribution in [2.45, 2.75) is 31.7 Å². The number of para-hydroxylation sites is 1. The van der Waals surface area contributed by atoms with E-state index in [4.69, 9.17) is 14.6 Å². The predicted octanol–water partition coefficient (Wildman–Crippen LogP) is 1.53. The second-order valence-corrected chi connectivity index (χ2v) is 5.11. The van der Waals surface area contributed by atoms with Crippen molar-refractivity contribution in [1.29, 1.82) is 0 Å². The molecule has 1 unspecified atom stereocenters. The number of rotatable bonds is 9. The molecule has 21 heavy (non-hydrogen) atoms. The highest BCUT2D eigenvalue weighted by Gasteiger charge is 2.31. The third-order valence-corrected chi connectivity index (χ3v) is 3.62. The molecule has 0 heterocycles. The van der Waals surface area contributed by atoms with Crippen molar-refractivity contribution in [1.82, 2.24) is 5.32 Å². The number of carbonyl (C=O) groups is 1. The molecule has 2 N–H and O–H groups in total. The fourth-order valence-electron chi connectivity index (χ4n) is 2.13. The van der Waals surface area contributed by atoms with E-state index in [0.29, 0.717) is 19.4 Å². The largest absolute Gasteiger partial charge is 0.493 e. The molecule has 0 saturated carbocycles. The molecule has 1 atom stereocenters. The van der Waals surface area contributed by atoms with E-state index in [1.807, 2.05) is 31.2 Å². The highest BCUT2D eigenvalue weighted by molar-refractivity contribution is 5.80. The van der Waals surface area contributed by atoms with Crippen LogP contribution in [0.5, 0.6) is 5.75 Å². The molecule has 0 fully saturated rings. The lowest BCUT2D eigenvalue weighted by atomic mass is 9.96. The van der Waals surface area contributed by atoms with Gasteiger partial charge in [0.15, 0.2) is 0 Å². The van der Waals surface area contributed by atoms with Gasteiger partial charge in [-0.2, -0.15) is 0 Å². The van der Waals surface area contributed by atoms with Crippen molar-refractivity contribution >= 4 is 5.97 Å². The van der Waals surface area contributed by atoms with Crippen LogP contribution < -0.4 is 10.1 Å². The fourth-order valence-corrected chi connectivity index (χ4v) is 2.13. The Balaban J connectivity index is 2.49. The van der Waals surface area contributed by atoms with Gasteiger partial charge in [0.1, 0.15) is 11.3 Å². The van der Waals surface area contributed by atoms with Crippen molar-refractivity contribution in [2.24, 2.45) is 0 Å². The van der Waals surface area contributed by atoms with Crippen LogP contribution in [0.15, 0.2) is 24.3 Å².